The molecule has 2 heterocycles. The molecule has 0 radical (unpaired) electrons. The number of hydrogen-bond donors (Lipinski definition) is 9. The van der Waals surface area contributed by atoms with E-state index in [-0.39, 0.29) is 46.0 Å². The van der Waals surface area contributed by atoms with Crippen molar-refractivity contribution < 1.29 is 74.5 Å². The first-order valence-corrected chi connectivity index (χ1v) is 21.0. The van der Waals surface area contributed by atoms with Crippen molar-refractivity contribution >= 4 is 11.9 Å². The van der Waals surface area contributed by atoms with Gasteiger partial charge in [-0.2, -0.15) is 0 Å². The molecule has 324 valence electrons. The lowest BCUT2D eigenvalue weighted by molar-refractivity contribution is -0.327. The maximum atomic E-state index is 14.6. The summed E-state index contributed by atoms with van der Waals surface area (Å²) in [6, 6.07) is 0. The zero-order valence-electron chi connectivity index (χ0n) is 34.1. The first kappa shape index (κ1) is 43.3. The van der Waals surface area contributed by atoms with Crippen LogP contribution in [0.1, 0.15) is 106 Å². The molecule has 7 aliphatic rings. The Morgan fingerprint density at radius 1 is 0.754 bits per heavy atom. The molecule has 0 bridgehead atoms. The number of aliphatic hydroxyl groups is 8. The first-order chi connectivity index (χ1) is 26.5. The Morgan fingerprint density at radius 3 is 2.05 bits per heavy atom. The normalized spacial score (nSPS) is 53.3. The van der Waals surface area contributed by atoms with E-state index < -0.39 is 96.9 Å². The molecule has 0 aromatic heterocycles. The van der Waals surface area contributed by atoms with Crippen molar-refractivity contribution in [2.45, 2.75) is 173 Å². The van der Waals surface area contributed by atoms with Crippen LogP contribution in [0.2, 0.25) is 0 Å². The third kappa shape index (κ3) is 6.39. The average molecular weight is 811 g/mol. The molecule has 3 unspecified atom stereocenters. The fourth-order valence-electron chi connectivity index (χ4n) is 13.6. The predicted molar refractivity (Wildman–Crippen MR) is 200 cm³/mol. The fraction of sp³-hybridized carbons (Fsp3) is 0.905. The van der Waals surface area contributed by atoms with Gasteiger partial charge in [0.2, 0.25) is 6.29 Å². The summed E-state index contributed by atoms with van der Waals surface area (Å²) in [6.07, 6.45) is -7.64. The van der Waals surface area contributed by atoms with E-state index >= 15 is 0 Å². The Balaban J connectivity index is 1.17. The lowest BCUT2D eigenvalue weighted by atomic mass is 9.33. The quantitative estimate of drug-likeness (QED) is 0.100. The summed E-state index contributed by atoms with van der Waals surface area (Å²) in [5.74, 6) is -1.98. The van der Waals surface area contributed by atoms with E-state index in [0.29, 0.717) is 25.7 Å². The third-order valence-electron chi connectivity index (χ3n) is 17.3. The number of carboxylic acids is 1. The van der Waals surface area contributed by atoms with Gasteiger partial charge >= 0.3 is 11.9 Å². The van der Waals surface area contributed by atoms with Crippen LogP contribution < -0.4 is 0 Å². The number of rotatable bonds is 7. The molecule has 2 aliphatic heterocycles. The molecule has 5 aliphatic carbocycles. The number of ether oxygens (including phenoxy) is 4. The number of fused-ring (bicyclic) bond motifs is 7. The van der Waals surface area contributed by atoms with E-state index in [1.165, 1.54) is 5.57 Å². The lowest BCUT2D eigenvalue weighted by Gasteiger charge is -2.71. The van der Waals surface area contributed by atoms with Crippen LogP contribution in [0, 0.1) is 50.2 Å². The van der Waals surface area contributed by atoms with Gasteiger partial charge in [-0.25, -0.2) is 4.79 Å². The van der Waals surface area contributed by atoms with Gasteiger partial charge < -0.3 is 64.9 Å². The number of carbonyl (C=O) groups excluding carboxylic acids is 1. The minimum absolute atomic E-state index is 0.0262. The number of carboxylic acid groups (broad SMARTS) is 1. The number of allylic oxidation sites excluding steroid dienone is 2. The third-order valence-corrected chi connectivity index (χ3v) is 17.3. The number of esters is 1. The summed E-state index contributed by atoms with van der Waals surface area (Å²) in [7, 11) is 0. The highest BCUT2D eigenvalue weighted by molar-refractivity contribution is 5.79. The summed E-state index contributed by atoms with van der Waals surface area (Å²) in [5.41, 5.74) is -1.27. The number of hydrogen-bond acceptors (Lipinski definition) is 14. The average Bonchev–Trinajstić information content (AvgIpc) is 3.16. The topological polar surface area (TPSA) is 253 Å². The zero-order valence-corrected chi connectivity index (χ0v) is 34.1. The van der Waals surface area contributed by atoms with Crippen LogP contribution in [0.15, 0.2) is 11.6 Å². The fourth-order valence-corrected chi connectivity index (χ4v) is 13.6. The summed E-state index contributed by atoms with van der Waals surface area (Å²) < 4.78 is 23.4. The van der Waals surface area contributed by atoms with Gasteiger partial charge in [0.25, 0.3) is 0 Å². The minimum atomic E-state index is -1.84. The van der Waals surface area contributed by atoms with E-state index in [0.717, 1.165) is 38.5 Å². The molecule has 15 nitrogen and oxygen atoms in total. The molecule has 4 saturated carbocycles. The highest BCUT2D eigenvalue weighted by Crippen LogP contribution is 2.76. The summed E-state index contributed by atoms with van der Waals surface area (Å²) >= 11 is 0. The lowest BCUT2D eigenvalue weighted by Crippen LogP contribution is -2.67. The molecule has 6 fully saturated rings. The molecular weight excluding hydrogens is 744 g/mol. The molecule has 0 aromatic rings. The Hall–Kier alpha value is -1.76. The zero-order chi connectivity index (χ0) is 41.8. The highest BCUT2D eigenvalue weighted by atomic mass is 16.7. The van der Waals surface area contributed by atoms with Crippen LogP contribution >= 0.6 is 0 Å². The van der Waals surface area contributed by atoms with E-state index in [9.17, 15) is 55.5 Å². The van der Waals surface area contributed by atoms with Crippen LogP contribution in [-0.2, 0) is 28.5 Å². The summed E-state index contributed by atoms with van der Waals surface area (Å²) in [5, 5.41) is 93.6. The second-order valence-corrected chi connectivity index (χ2v) is 20.5. The Bertz CT molecular complexity index is 1590. The maximum absolute atomic E-state index is 14.6. The second kappa shape index (κ2) is 14.7. The Kier molecular flexibility index (Phi) is 11.2. The summed E-state index contributed by atoms with van der Waals surface area (Å²) in [6.45, 7) is 12.6. The van der Waals surface area contributed by atoms with E-state index in [4.69, 9.17) is 18.9 Å². The van der Waals surface area contributed by atoms with Crippen molar-refractivity contribution in [2.24, 2.45) is 50.2 Å². The maximum Gasteiger partial charge on any atom is 0.335 e. The molecule has 15 heteroatoms. The van der Waals surface area contributed by atoms with Crippen LogP contribution in [-0.4, -0.2) is 139 Å². The van der Waals surface area contributed by atoms with Gasteiger partial charge in [-0.1, -0.05) is 53.2 Å². The molecule has 57 heavy (non-hydrogen) atoms. The number of aliphatic carboxylic acids is 1. The molecule has 7 rings (SSSR count). The van der Waals surface area contributed by atoms with Crippen molar-refractivity contribution in [3.63, 3.8) is 0 Å². The summed E-state index contributed by atoms with van der Waals surface area (Å²) in [4.78, 5) is 26.4. The molecule has 19 atom stereocenters. The molecule has 0 aromatic carbocycles. The Labute approximate surface area is 334 Å². The van der Waals surface area contributed by atoms with E-state index in [2.05, 4.69) is 40.7 Å². The van der Waals surface area contributed by atoms with Crippen molar-refractivity contribution in [2.75, 3.05) is 13.2 Å². The van der Waals surface area contributed by atoms with Gasteiger partial charge in [0.1, 0.15) is 42.7 Å². The Morgan fingerprint density at radius 2 is 1.40 bits per heavy atom. The largest absolute Gasteiger partial charge is 0.479 e. The SMILES string of the molecule is CC1(C)CC[C@]2(C(=O)O[C@@H]3O[C@H](CO)[C@@H](O)[C@H](O)[C@H]3O)CC[C@]3(C)C(=CCC4[C@@]5(C)CC[C@H](O[C@@H]6O[C@H](C(=O)O)[C@@H](O)[C@H](O)[C@H]6O)[C@@](C)(CO)C5CC[C@]43C)C2C1. The van der Waals surface area contributed by atoms with E-state index in [1.54, 1.807) is 0 Å². The van der Waals surface area contributed by atoms with Crippen LogP contribution in [0.5, 0.6) is 0 Å². The van der Waals surface area contributed by atoms with Crippen LogP contribution in [0.25, 0.3) is 0 Å². The van der Waals surface area contributed by atoms with Crippen molar-refractivity contribution in [1.82, 2.24) is 0 Å². The predicted octanol–water partition coefficient (Wildman–Crippen LogP) is 1.38. The van der Waals surface area contributed by atoms with Crippen molar-refractivity contribution in [1.29, 1.82) is 0 Å². The van der Waals surface area contributed by atoms with Crippen molar-refractivity contribution in [3.8, 4) is 0 Å². The van der Waals surface area contributed by atoms with Gasteiger partial charge in [0.05, 0.1) is 24.7 Å². The number of aliphatic hydroxyl groups excluding tert-OH is 8. The highest BCUT2D eigenvalue weighted by Gasteiger charge is 2.70. The first-order valence-electron chi connectivity index (χ1n) is 21.0. The smallest absolute Gasteiger partial charge is 0.335 e. The standard InChI is InChI=1S/C42H66O15/c1-37(2)13-15-42(36(53)57-34-30(49)27(46)26(45)22(18-43)54-34)16-14-40(5)20(21(42)17-37)7-8-24-38(3)11-10-25(39(4,19-44)23(38)9-12-41(24,40)6)55-35-31(50)28(47)29(48)32(56-35)33(51)52/h7,21-32,34-35,43-50H,8-19H2,1-6H3,(H,51,52)/t21?,22-,23?,24?,25+,26-,27+,28+,29+,30-,31-,32+,34+,35-,38+,39+,40-,41-,42+/m1/s1. The molecule has 2 saturated heterocycles. The monoisotopic (exact) mass is 810 g/mol. The second-order valence-electron chi connectivity index (χ2n) is 20.5. The molecular formula is C42H66O15. The number of carbonyl (C=O) groups is 2. The van der Waals surface area contributed by atoms with E-state index in [1.807, 2.05) is 6.92 Å². The van der Waals surface area contributed by atoms with Crippen molar-refractivity contribution in [3.05, 3.63) is 11.6 Å². The molecule has 9 N–H and O–H groups in total. The van der Waals surface area contributed by atoms with Gasteiger partial charge in [-0.05, 0) is 104 Å². The molecule has 0 amide bonds. The van der Waals surface area contributed by atoms with Gasteiger partial charge in [-0.15, -0.1) is 0 Å². The molecule has 0 spiro atoms. The van der Waals surface area contributed by atoms with Gasteiger partial charge in [0, 0.05) is 5.41 Å². The minimum Gasteiger partial charge on any atom is -0.479 e. The van der Waals surface area contributed by atoms with Crippen LogP contribution in [0.4, 0.5) is 0 Å². The van der Waals surface area contributed by atoms with Gasteiger partial charge in [-0.3, -0.25) is 4.79 Å². The van der Waals surface area contributed by atoms with Crippen LogP contribution in [0.3, 0.4) is 0 Å². The van der Waals surface area contributed by atoms with Gasteiger partial charge in [0.15, 0.2) is 12.4 Å².